The number of methoxy groups -OCH3 is 1. The van der Waals surface area contributed by atoms with Gasteiger partial charge in [0.25, 0.3) is 0 Å². The van der Waals surface area contributed by atoms with Gasteiger partial charge in [0, 0.05) is 24.6 Å². The Morgan fingerprint density at radius 2 is 1.95 bits per heavy atom. The van der Waals surface area contributed by atoms with E-state index in [1.165, 1.54) is 10.4 Å². The van der Waals surface area contributed by atoms with Gasteiger partial charge in [-0.3, -0.25) is 0 Å². The van der Waals surface area contributed by atoms with Crippen molar-refractivity contribution in [3.63, 3.8) is 0 Å². The minimum Gasteiger partial charge on any atom is -0.385 e. The van der Waals surface area contributed by atoms with Crippen LogP contribution in [-0.2, 0) is 4.74 Å². The van der Waals surface area contributed by atoms with Gasteiger partial charge in [0.05, 0.1) is 6.04 Å². The second kappa shape index (κ2) is 7.43. The van der Waals surface area contributed by atoms with Gasteiger partial charge in [0.1, 0.15) is 0 Å². The number of thiophene rings is 1. The topological polar surface area (TPSA) is 21.3 Å². The molecule has 1 aromatic heterocycles. The van der Waals surface area contributed by atoms with Crippen LogP contribution in [0.5, 0.6) is 0 Å². The molecule has 0 radical (unpaired) electrons. The lowest BCUT2D eigenvalue weighted by Crippen LogP contribution is -2.31. The van der Waals surface area contributed by atoms with Crippen LogP contribution in [0.25, 0.3) is 0 Å². The quantitative estimate of drug-likeness (QED) is 0.828. The number of hydrogen-bond acceptors (Lipinski definition) is 3. The molecular formula is C16H21NOS. The molecule has 0 spiro atoms. The van der Waals surface area contributed by atoms with E-state index < -0.39 is 0 Å². The Balaban J connectivity index is 2.12. The lowest BCUT2D eigenvalue weighted by Gasteiger charge is -2.23. The molecule has 19 heavy (non-hydrogen) atoms. The Labute approximate surface area is 119 Å². The maximum Gasteiger partial charge on any atom is 0.0673 e. The van der Waals surface area contributed by atoms with Crippen molar-refractivity contribution in [3.05, 3.63) is 58.3 Å². The van der Waals surface area contributed by atoms with Crippen molar-refractivity contribution in [1.29, 1.82) is 0 Å². The second-order valence-corrected chi connectivity index (χ2v) is 5.69. The normalized spacial score (nSPS) is 14.2. The van der Waals surface area contributed by atoms with Crippen LogP contribution in [0.3, 0.4) is 0 Å². The lowest BCUT2D eigenvalue weighted by atomic mass is 10.0. The summed E-state index contributed by atoms with van der Waals surface area (Å²) in [6.45, 7) is 3.00. The zero-order valence-electron chi connectivity index (χ0n) is 11.5. The first-order valence-corrected chi connectivity index (χ1v) is 7.52. The molecule has 2 rings (SSSR count). The SMILES string of the molecule is COCCC(C)NC(c1ccccc1)c1cccs1. The van der Waals surface area contributed by atoms with Gasteiger partial charge in [-0.2, -0.15) is 0 Å². The Morgan fingerprint density at radius 1 is 1.16 bits per heavy atom. The fourth-order valence-electron chi connectivity index (χ4n) is 2.11. The molecule has 102 valence electrons. The Kier molecular flexibility index (Phi) is 5.58. The molecule has 2 nitrogen and oxygen atoms in total. The van der Waals surface area contributed by atoms with E-state index in [2.05, 4.69) is 60.1 Å². The summed E-state index contributed by atoms with van der Waals surface area (Å²) in [4.78, 5) is 1.36. The summed E-state index contributed by atoms with van der Waals surface area (Å²) < 4.78 is 5.15. The highest BCUT2D eigenvalue weighted by molar-refractivity contribution is 7.10. The average molecular weight is 275 g/mol. The van der Waals surface area contributed by atoms with Gasteiger partial charge in [-0.25, -0.2) is 0 Å². The zero-order chi connectivity index (χ0) is 13.5. The van der Waals surface area contributed by atoms with E-state index in [0.29, 0.717) is 6.04 Å². The molecule has 2 atom stereocenters. The molecule has 0 saturated carbocycles. The molecule has 2 aromatic rings. The summed E-state index contributed by atoms with van der Waals surface area (Å²) in [5.74, 6) is 0. The fraction of sp³-hybridized carbons (Fsp3) is 0.375. The minimum atomic E-state index is 0.271. The number of hydrogen-bond donors (Lipinski definition) is 1. The van der Waals surface area contributed by atoms with Crippen LogP contribution in [0.15, 0.2) is 47.8 Å². The van der Waals surface area contributed by atoms with Gasteiger partial charge in [-0.05, 0) is 30.4 Å². The highest BCUT2D eigenvalue weighted by atomic mass is 32.1. The van der Waals surface area contributed by atoms with Crippen molar-refractivity contribution < 1.29 is 4.74 Å². The number of ether oxygens (including phenoxy) is 1. The Morgan fingerprint density at radius 3 is 2.58 bits per heavy atom. The first kappa shape index (κ1) is 14.3. The van der Waals surface area contributed by atoms with Gasteiger partial charge < -0.3 is 10.1 Å². The van der Waals surface area contributed by atoms with E-state index >= 15 is 0 Å². The summed E-state index contributed by atoms with van der Waals surface area (Å²) in [7, 11) is 1.75. The molecule has 0 aliphatic carbocycles. The third-order valence-electron chi connectivity index (χ3n) is 3.17. The van der Waals surface area contributed by atoms with Crippen LogP contribution < -0.4 is 5.32 Å². The van der Waals surface area contributed by atoms with Gasteiger partial charge in [-0.15, -0.1) is 11.3 Å². The van der Waals surface area contributed by atoms with Crippen LogP contribution in [-0.4, -0.2) is 19.8 Å². The van der Waals surface area contributed by atoms with Gasteiger partial charge in [-0.1, -0.05) is 36.4 Å². The van der Waals surface area contributed by atoms with Gasteiger partial charge in [0.2, 0.25) is 0 Å². The van der Waals surface area contributed by atoms with E-state index in [-0.39, 0.29) is 6.04 Å². The molecule has 1 N–H and O–H groups in total. The van der Waals surface area contributed by atoms with E-state index in [9.17, 15) is 0 Å². The molecule has 0 aliphatic rings. The van der Waals surface area contributed by atoms with Crippen molar-refractivity contribution in [2.75, 3.05) is 13.7 Å². The zero-order valence-corrected chi connectivity index (χ0v) is 12.3. The molecule has 0 saturated heterocycles. The van der Waals surface area contributed by atoms with Crippen LogP contribution in [0.2, 0.25) is 0 Å². The summed E-state index contributed by atoms with van der Waals surface area (Å²) >= 11 is 1.80. The first-order chi connectivity index (χ1) is 9.31. The van der Waals surface area contributed by atoms with Crippen molar-refractivity contribution in [2.24, 2.45) is 0 Å². The smallest absolute Gasteiger partial charge is 0.0673 e. The summed E-state index contributed by atoms with van der Waals surface area (Å²) in [6, 6.07) is 15.6. The summed E-state index contributed by atoms with van der Waals surface area (Å²) in [5.41, 5.74) is 1.31. The third-order valence-corrected chi connectivity index (χ3v) is 4.10. The number of benzene rings is 1. The molecule has 2 unspecified atom stereocenters. The van der Waals surface area contributed by atoms with E-state index in [0.717, 1.165) is 13.0 Å². The van der Waals surface area contributed by atoms with Crippen LogP contribution in [0, 0.1) is 0 Å². The van der Waals surface area contributed by atoms with Crippen LogP contribution in [0.1, 0.15) is 29.8 Å². The average Bonchev–Trinajstić information content (AvgIpc) is 2.97. The molecule has 3 heteroatoms. The van der Waals surface area contributed by atoms with Gasteiger partial charge in [0.15, 0.2) is 0 Å². The Hall–Kier alpha value is -1.16. The number of nitrogens with one attached hydrogen (secondary N) is 1. The fourth-order valence-corrected chi connectivity index (χ4v) is 2.92. The molecule has 0 bridgehead atoms. The predicted octanol–water partition coefficient (Wildman–Crippen LogP) is 3.85. The maximum atomic E-state index is 5.15. The molecular weight excluding hydrogens is 254 g/mol. The highest BCUT2D eigenvalue weighted by Gasteiger charge is 2.16. The summed E-state index contributed by atoms with van der Waals surface area (Å²) in [5, 5.41) is 5.83. The van der Waals surface area contributed by atoms with Crippen LogP contribution in [0.4, 0.5) is 0 Å². The predicted molar refractivity (Wildman–Crippen MR) is 81.7 cm³/mol. The van der Waals surface area contributed by atoms with Crippen molar-refractivity contribution in [3.8, 4) is 0 Å². The van der Waals surface area contributed by atoms with Crippen molar-refractivity contribution in [1.82, 2.24) is 5.32 Å². The number of rotatable bonds is 7. The molecule has 1 heterocycles. The second-order valence-electron chi connectivity index (χ2n) is 4.71. The maximum absolute atomic E-state index is 5.15. The monoisotopic (exact) mass is 275 g/mol. The molecule has 0 aliphatic heterocycles. The first-order valence-electron chi connectivity index (χ1n) is 6.64. The summed E-state index contributed by atoms with van der Waals surface area (Å²) in [6.07, 6.45) is 1.02. The van der Waals surface area contributed by atoms with Crippen molar-refractivity contribution in [2.45, 2.75) is 25.4 Å². The third kappa shape index (κ3) is 4.16. The largest absolute Gasteiger partial charge is 0.385 e. The minimum absolute atomic E-state index is 0.271. The Bertz CT molecular complexity index is 455. The van der Waals surface area contributed by atoms with E-state index in [1.807, 2.05) is 0 Å². The van der Waals surface area contributed by atoms with Gasteiger partial charge >= 0.3 is 0 Å². The standard InChI is InChI=1S/C16H21NOS/c1-13(10-11-18-2)17-16(15-9-6-12-19-15)14-7-4-3-5-8-14/h3-9,12-13,16-17H,10-11H2,1-2H3. The van der Waals surface area contributed by atoms with Crippen LogP contribution >= 0.6 is 11.3 Å². The van der Waals surface area contributed by atoms with E-state index in [4.69, 9.17) is 4.74 Å². The van der Waals surface area contributed by atoms with E-state index in [1.54, 1.807) is 18.4 Å². The molecule has 0 amide bonds. The lowest BCUT2D eigenvalue weighted by molar-refractivity contribution is 0.183. The highest BCUT2D eigenvalue weighted by Crippen LogP contribution is 2.26. The molecule has 0 fully saturated rings. The molecule has 1 aromatic carbocycles. The van der Waals surface area contributed by atoms with Crippen molar-refractivity contribution >= 4 is 11.3 Å².